The molecule has 0 aliphatic carbocycles. The minimum Gasteiger partial charge on any atom is -0.462 e. The second-order valence-corrected chi connectivity index (χ2v) is 5.69. The topological polar surface area (TPSA) is 54.1 Å². The number of rotatable bonds is 4. The Balaban J connectivity index is 2.08. The first kappa shape index (κ1) is 14.7. The number of ether oxygens (including phenoxy) is 1. The third-order valence-corrected chi connectivity index (χ3v) is 4.15. The van der Waals surface area contributed by atoms with E-state index in [2.05, 4.69) is 23.3 Å². The molecule has 2 heterocycles. The minimum absolute atomic E-state index is 0.265. The van der Waals surface area contributed by atoms with Gasteiger partial charge in [0.2, 0.25) is 0 Å². The van der Waals surface area contributed by atoms with Gasteiger partial charge in [-0.1, -0.05) is 32.0 Å². The molecule has 4 nitrogen and oxygen atoms in total. The number of aromatic amines is 1. The number of esters is 1. The van der Waals surface area contributed by atoms with Crippen molar-refractivity contribution >= 4 is 22.4 Å². The minimum atomic E-state index is -0.265. The van der Waals surface area contributed by atoms with E-state index in [1.54, 1.807) is 0 Å². The molecular formula is C18H22N2O2. The number of hydrogen-bond donors (Lipinski definition) is 2. The van der Waals surface area contributed by atoms with E-state index in [4.69, 9.17) is 4.74 Å². The van der Waals surface area contributed by atoms with E-state index in [1.165, 1.54) is 10.9 Å². The largest absolute Gasteiger partial charge is 0.462 e. The van der Waals surface area contributed by atoms with E-state index in [0.29, 0.717) is 18.2 Å². The summed E-state index contributed by atoms with van der Waals surface area (Å²) in [5.74, 6) is -0.265. The van der Waals surface area contributed by atoms with Gasteiger partial charge in [-0.15, -0.1) is 0 Å². The molecule has 0 radical (unpaired) electrons. The number of H-pyrrole nitrogens is 1. The number of aromatic nitrogens is 1. The monoisotopic (exact) mass is 298 g/mol. The van der Waals surface area contributed by atoms with Crippen molar-refractivity contribution in [1.29, 1.82) is 0 Å². The lowest BCUT2D eigenvalue weighted by atomic mass is 10.00. The molecular weight excluding hydrogens is 276 g/mol. The Labute approximate surface area is 130 Å². The summed E-state index contributed by atoms with van der Waals surface area (Å²) in [5, 5.41) is 4.54. The molecule has 1 aliphatic heterocycles. The van der Waals surface area contributed by atoms with Crippen LogP contribution in [0.5, 0.6) is 0 Å². The van der Waals surface area contributed by atoms with E-state index >= 15 is 0 Å². The van der Waals surface area contributed by atoms with E-state index in [-0.39, 0.29) is 5.97 Å². The van der Waals surface area contributed by atoms with Gasteiger partial charge in [0.05, 0.1) is 17.9 Å². The quantitative estimate of drug-likeness (QED) is 0.851. The lowest BCUT2D eigenvalue weighted by Crippen LogP contribution is -2.25. The van der Waals surface area contributed by atoms with Crippen LogP contribution in [0.4, 0.5) is 0 Å². The maximum atomic E-state index is 12.4. The Morgan fingerprint density at radius 1 is 1.32 bits per heavy atom. The van der Waals surface area contributed by atoms with Crippen LogP contribution in [0.3, 0.4) is 0 Å². The van der Waals surface area contributed by atoms with Gasteiger partial charge in [-0.25, -0.2) is 4.79 Å². The third kappa shape index (κ3) is 2.61. The summed E-state index contributed by atoms with van der Waals surface area (Å²) in [4.78, 5) is 15.8. The SMILES string of the molecule is CCCOC(=O)C1=CNC(CC)Cc2c1[nH]c1ccccc21. The highest BCUT2D eigenvalue weighted by molar-refractivity contribution is 6.17. The summed E-state index contributed by atoms with van der Waals surface area (Å²) < 4.78 is 5.34. The van der Waals surface area contributed by atoms with Crippen molar-refractivity contribution in [1.82, 2.24) is 10.3 Å². The molecule has 1 aromatic carbocycles. The highest BCUT2D eigenvalue weighted by Gasteiger charge is 2.25. The summed E-state index contributed by atoms with van der Waals surface area (Å²) in [6, 6.07) is 8.53. The molecule has 116 valence electrons. The maximum absolute atomic E-state index is 12.4. The molecule has 3 rings (SSSR count). The van der Waals surface area contributed by atoms with Gasteiger partial charge < -0.3 is 15.0 Å². The van der Waals surface area contributed by atoms with Crippen LogP contribution in [0.15, 0.2) is 30.5 Å². The molecule has 2 N–H and O–H groups in total. The van der Waals surface area contributed by atoms with Crippen molar-refractivity contribution in [3.8, 4) is 0 Å². The van der Waals surface area contributed by atoms with Crippen molar-refractivity contribution < 1.29 is 9.53 Å². The highest BCUT2D eigenvalue weighted by Crippen LogP contribution is 2.31. The number of fused-ring (bicyclic) bond motifs is 3. The van der Waals surface area contributed by atoms with Crippen molar-refractivity contribution in [3.63, 3.8) is 0 Å². The Bertz CT molecular complexity index is 715. The fourth-order valence-electron chi connectivity index (χ4n) is 2.92. The van der Waals surface area contributed by atoms with E-state index in [0.717, 1.165) is 30.5 Å². The average Bonchev–Trinajstić information content (AvgIpc) is 2.79. The standard InChI is InChI=1S/C18H22N2O2/c1-3-9-22-18(21)15-11-19-12(4-2)10-14-13-7-5-6-8-16(13)20-17(14)15/h5-8,11-12,19-20H,3-4,9-10H2,1-2H3. The lowest BCUT2D eigenvalue weighted by Gasteiger charge is -2.12. The summed E-state index contributed by atoms with van der Waals surface area (Å²) in [6.45, 7) is 4.60. The first-order valence-corrected chi connectivity index (χ1v) is 7.97. The second kappa shape index (κ2) is 6.26. The average molecular weight is 298 g/mol. The smallest absolute Gasteiger partial charge is 0.341 e. The van der Waals surface area contributed by atoms with Crippen LogP contribution in [-0.2, 0) is 16.0 Å². The second-order valence-electron chi connectivity index (χ2n) is 5.69. The van der Waals surface area contributed by atoms with Gasteiger partial charge in [0.1, 0.15) is 0 Å². The van der Waals surface area contributed by atoms with E-state index < -0.39 is 0 Å². The van der Waals surface area contributed by atoms with Crippen LogP contribution >= 0.6 is 0 Å². The van der Waals surface area contributed by atoms with Gasteiger partial charge in [0, 0.05) is 23.1 Å². The van der Waals surface area contributed by atoms with Gasteiger partial charge >= 0.3 is 5.97 Å². The molecule has 22 heavy (non-hydrogen) atoms. The molecule has 0 spiro atoms. The molecule has 1 aromatic heterocycles. The van der Waals surface area contributed by atoms with E-state index in [9.17, 15) is 4.79 Å². The number of carbonyl (C=O) groups is 1. The van der Waals surface area contributed by atoms with Crippen LogP contribution in [-0.4, -0.2) is 23.6 Å². The van der Waals surface area contributed by atoms with Crippen LogP contribution in [0, 0.1) is 0 Å². The van der Waals surface area contributed by atoms with Crippen LogP contribution in [0.1, 0.15) is 37.9 Å². The summed E-state index contributed by atoms with van der Waals surface area (Å²) in [5.41, 5.74) is 3.76. The van der Waals surface area contributed by atoms with Crippen molar-refractivity contribution in [2.24, 2.45) is 0 Å². The third-order valence-electron chi connectivity index (χ3n) is 4.15. The number of para-hydroxylation sites is 1. The van der Waals surface area contributed by atoms with Gasteiger partial charge in [0.15, 0.2) is 0 Å². The van der Waals surface area contributed by atoms with Gasteiger partial charge in [0.25, 0.3) is 0 Å². The molecule has 0 bridgehead atoms. The Kier molecular flexibility index (Phi) is 4.18. The molecule has 2 aromatic rings. The molecule has 0 fully saturated rings. The van der Waals surface area contributed by atoms with Crippen LogP contribution < -0.4 is 5.32 Å². The molecule has 0 saturated carbocycles. The summed E-state index contributed by atoms with van der Waals surface area (Å²) in [6.07, 6.45) is 4.54. The summed E-state index contributed by atoms with van der Waals surface area (Å²) in [7, 11) is 0. The maximum Gasteiger partial charge on any atom is 0.341 e. The zero-order valence-corrected chi connectivity index (χ0v) is 13.1. The number of carbonyl (C=O) groups excluding carboxylic acids is 1. The summed E-state index contributed by atoms with van der Waals surface area (Å²) >= 11 is 0. The molecule has 1 unspecified atom stereocenters. The molecule has 1 aliphatic rings. The molecule has 1 atom stereocenters. The Morgan fingerprint density at radius 3 is 2.91 bits per heavy atom. The lowest BCUT2D eigenvalue weighted by molar-refractivity contribution is -0.136. The predicted molar refractivity (Wildman–Crippen MR) is 88.4 cm³/mol. The first-order valence-electron chi connectivity index (χ1n) is 7.97. The molecule has 0 saturated heterocycles. The van der Waals surface area contributed by atoms with Crippen LogP contribution in [0.2, 0.25) is 0 Å². The number of hydrogen-bond acceptors (Lipinski definition) is 3. The zero-order valence-electron chi connectivity index (χ0n) is 13.1. The normalized spacial score (nSPS) is 17.4. The van der Waals surface area contributed by atoms with Gasteiger partial charge in [-0.3, -0.25) is 0 Å². The fourth-order valence-corrected chi connectivity index (χ4v) is 2.92. The van der Waals surface area contributed by atoms with Crippen molar-refractivity contribution in [2.75, 3.05) is 6.61 Å². The number of nitrogens with one attached hydrogen (secondary N) is 2. The highest BCUT2D eigenvalue weighted by atomic mass is 16.5. The Morgan fingerprint density at radius 2 is 2.14 bits per heavy atom. The van der Waals surface area contributed by atoms with Gasteiger partial charge in [-0.05, 0) is 30.9 Å². The predicted octanol–water partition coefficient (Wildman–Crippen LogP) is 3.39. The Hall–Kier alpha value is -2.23. The van der Waals surface area contributed by atoms with Crippen LogP contribution in [0.25, 0.3) is 16.5 Å². The molecule has 0 amide bonds. The van der Waals surface area contributed by atoms with Crippen molar-refractivity contribution in [3.05, 3.63) is 41.7 Å². The first-order chi connectivity index (χ1) is 10.7. The van der Waals surface area contributed by atoms with Crippen molar-refractivity contribution in [2.45, 2.75) is 39.2 Å². The van der Waals surface area contributed by atoms with E-state index in [1.807, 2.05) is 31.3 Å². The molecule has 4 heteroatoms. The van der Waals surface area contributed by atoms with Gasteiger partial charge in [-0.2, -0.15) is 0 Å². The number of benzene rings is 1. The fraction of sp³-hybridized carbons (Fsp3) is 0.389. The zero-order chi connectivity index (χ0) is 15.5.